The fraction of sp³-hybridized carbons (Fsp3) is 0.333. The standard InChI is InChI=1S/C21H22N2/c1-3-21(4-2)14-17-12-8-9-13-18(17)20(23-21)19(15-22)16-10-6-5-7-11-16/h5-13,19H,3-4,14H2,1-2H3. The highest BCUT2D eigenvalue weighted by atomic mass is 14.9. The Bertz CT molecular complexity index is 749. The zero-order chi connectivity index (χ0) is 16.3. The molecule has 0 spiro atoms. The molecule has 2 aromatic carbocycles. The Morgan fingerprint density at radius 1 is 1.04 bits per heavy atom. The van der Waals surface area contributed by atoms with Crippen LogP contribution in [0.5, 0.6) is 0 Å². The Labute approximate surface area is 138 Å². The van der Waals surface area contributed by atoms with Crippen molar-refractivity contribution in [2.24, 2.45) is 4.99 Å². The first-order chi connectivity index (χ1) is 11.2. The number of nitriles is 1. The molecule has 0 bridgehead atoms. The number of benzene rings is 2. The summed E-state index contributed by atoms with van der Waals surface area (Å²) in [5.41, 5.74) is 4.33. The molecule has 1 aliphatic rings. The molecule has 1 unspecified atom stereocenters. The molecule has 2 nitrogen and oxygen atoms in total. The fourth-order valence-electron chi connectivity index (χ4n) is 3.45. The van der Waals surface area contributed by atoms with Gasteiger partial charge >= 0.3 is 0 Å². The van der Waals surface area contributed by atoms with Gasteiger partial charge in [0.25, 0.3) is 0 Å². The van der Waals surface area contributed by atoms with Crippen LogP contribution in [0, 0.1) is 11.3 Å². The lowest BCUT2D eigenvalue weighted by Gasteiger charge is -2.35. The van der Waals surface area contributed by atoms with Crippen LogP contribution in [0.2, 0.25) is 0 Å². The summed E-state index contributed by atoms with van der Waals surface area (Å²) in [5, 5.41) is 9.84. The van der Waals surface area contributed by atoms with Gasteiger partial charge in [-0.05, 0) is 30.4 Å². The third-order valence-corrected chi connectivity index (χ3v) is 5.02. The maximum Gasteiger partial charge on any atom is 0.114 e. The van der Waals surface area contributed by atoms with Crippen molar-refractivity contribution in [3.05, 3.63) is 71.3 Å². The molecule has 1 heterocycles. The molecule has 3 rings (SSSR count). The summed E-state index contributed by atoms with van der Waals surface area (Å²) < 4.78 is 0. The van der Waals surface area contributed by atoms with E-state index in [9.17, 15) is 5.26 Å². The minimum absolute atomic E-state index is 0.0758. The number of aliphatic imine (C=N–C) groups is 1. The normalized spacial score (nSPS) is 16.8. The molecule has 0 aromatic heterocycles. The van der Waals surface area contributed by atoms with Crippen LogP contribution in [0.4, 0.5) is 0 Å². The minimum Gasteiger partial charge on any atom is -0.280 e. The van der Waals surface area contributed by atoms with E-state index in [1.807, 2.05) is 36.4 Å². The largest absolute Gasteiger partial charge is 0.280 e. The van der Waals surface area contributed by atoms with Gasteiger partial charge in [-0.25, -0.2) is 0 Å². The molecule has 0 saturated carbocycles. The maximum absolute atomic E-state index is 9.84. The van der Waals surface area contributed by atoms with Crippen LogP contribution < -0.4 is 0 Å². The van der Waals surface area contributed by atoms with E-state index >= 15 is 0 Å². The lowest BCUT2D eigenvalue weighted by atomic mass is 9.77. The van der Waals surface area contributed by atoms with Crippen molar-refractivity contribution in [2.45, 2.75) is 44.6 Å². The summed E-state index contributed by atoms with van der Waals surface area (Å²) in [6.45, 7) is 4.39. The Hall–Kier alpha value is -2.40. The quantitative estimate of drug-likeness (QED) is 0.791. The van der Waals surface area contributed by atoms with Crippen LogP contribution in [0.1, 0.15) is 49.3 Å². The Morgan fingerprint density at radius 3 is 2.35 bits per heavy atom. The Balaban J connectivity index is 2.17. The average molecular weight is 302 g/mol. The molecule has 0 saturated heterocycles. The first-order valence-corrected chi connectivity index (χ1v) is 8.35. The van der Waals surface area contributed by atoms with Gasteiger partial charge in [0.05, 0.1) is 17.3 Å². The van der Waals surface area contributed by atoms with E-state index in [0.29, 0.717) is 0 Å². The second-order valence-electron chi connectivity index (χ2n) is 6.24. The summed E-state index contributed by atoms with van der Waals surface area (Å²) >= 11 is 0. The van der Waals surface area contributed by atoms with Crippen molar-refractivity contribution in [1.82, 2.24) is 0 Å². The molecule has 0 N–H and O–H groups in total. The van der Waals surface area contributed by atoms with Gasteiger partial charge in [-0.15, -0.1) is 0 Å². The van der Waals surface area contributed by atoms with Crippen molar-refractivity contribution in [3.8, 4) is 6.07 Å². The average Bonchev–Trinajstić information content (AvgIpc) is 2.63. The zero-order valence-electron chi connectivity index (χ0n) is 13.8. The highest BCUT2D eigenvalue weighted by molar-refractivity contribution is 6.08. The van der Waals surface area contributed by atoms with E-state index in [4.69, 9.17) is 4.99 Å². The highest BCUT2D eigenvalue weighted by Crippen LogP contribution is 2.36. The molecule has 1 atom stereocenters. The Morgan fingerprint density at radius 2 is 1.70 bits per heavy atom. The van der Waals surface area contributed by atoms with Gasteiger partial charge in [-0.3, -0.25) is 4.99 Å². The van der Waals surface area contributed by atoms with Crippen LogP contribution >= 0.6 is 0 Å². The van der Waals surface area contributed by atoms with Crippen molar-refractivity contribution >= 4 is 5.71 Å². The van der Waals surface area contributed by atoms with Gasteiger partial charge in [0.2, 0.25) is 0 Å². The van der Waals surface area contributed by atoms with E-state index in [0.717, 1.165) is 36.1 Å². The van der Waals surface area contributed by atoms with Crippen LogP contribution in [0.3, 0.4) is 0 Å². The summed E-state index contributed by atoms with van der Waals surface area (Å²) in [6, 6.07) is 20.9. The van der Waals surface area contributed by atoms with Gasteiger partial charge in [-0.2, -0.15) is 5.26 Å². The van der Waals surface area contributed by atoms with Crippen molar-refractivity contribution in [3.63, 3.8) is 0 Å². The molecule has 23 heavy (non-hydrogen) atoms. The molecule has 0 radical (unpaired) electrons. The molecule has 2 aromatic rings. The summed E-state index contributed by atoms with van der Waals surface area (Å²) in [7, 11) is 0. The zero-order valence-corrected chi connectivity index (χ0v) is 13.8. The molecule has 116 valence electrons. The SMILES string of the molecule is CCC1(CC)Cc2ccccc2C(C(C#N)c2ccccc2)=N1. The third-order valence-electron chi connectivity index (χ3n) is 5.02. The number of fused-ring (bicyclic) bond motifs is 1. The van der Waals surface area contributed by atoms with Crippen molar-refractivity contribution < 1.29 is 0 Å². The molecule has 0 aliphatic carbocycles. The number of nitrogens with zero attached hydrogens (tertiary/aromatic N) is 2. The lowest BCUT2D eigenvalue weighted by molar-refractivity contribution is 0.391. The lowest BCUT2D eigenvalue weighted by Crippen LogP contribution is -2.35. The number of hydrogen-bond acceptors (Lipinski definition) is 2. The number of rotatable bonds is 4. The monoisotopic (exact) mass is 302 g/mol. The van der Waals surface area contributed by atoms with Crippen molar-refractivity contribution in [1.29, 1.82) is 5.26 Å². The predicted octanol–water partition coefficient (Wildman–Crippen LogP) is 4.90. The summed E-state index contributed by atoms with van der Waals surface area (Å²) in [4.78, 5) is 5.13. The molecular formula is C21H22N2. The number of hydrogen-bond donors (Lipinski definition) is 0. The first-order valence-electron chi connectivity index (χ1n) is 8.35. The molecule has 0 amide bonds. The van der Waals surface area contributed by atoms with Gasteiger partial charge in [-0.1, -0.05) is 68.4 Å². The van der Waals surface area contributed by atoms with E-state index in [1.165, 1.54) is 5.56 Å². The Kier molecular flexibility index (Phi) is 4.30. The van der Waals surface area contributed by atoms with E-state index in [1.54, 1.807) is 0 Å². The van der Waals surface area contributed by atoms with Crippen LogP contribution in [0.15, 0.2) is 59.6 Å². The van der Waals surface area contributed by atoms with Crippen LogP contribution in [0.25, 0.3) is 0 Å². The third kappa shape index (κ3) is 2.80. The van der Waals surface area contributed by atoms with E-state index < -0.39 is 0 Å². The van der Waals surface area contributed by atoms with Gasteiger partial charge < -0.3 is 0 Å². The second kappa shape index (κ2) is 6.38. The fourth-order valence-corrected chi connectivity index (χ4v) is 3.45. The molecular weight excluding hydrogens is 280 g/mol. The first kappa shape index (κ1) is 15.5. The molecule has 0 fully saturated rings. The smallest absolute Gasteiger partial charge is 0.114 e. The van der Waals surface area contributed by atoms with Gasteiger partial charge in [0.15, 0.2) is 0 Å². The van der Waals surface area contributed by atoms with Gasteiger partial charge in [0, 0.05) is 5.56 Å². The highest BCUT2D eigenvalue weighted by Gasteiger charge is 2.35. The topological polar surface area (TPSA) is 36.1 Å². The second-order valence-corrected chi connectivity index (χ2v) is 6.24. The molecule has 1 aliphatic heterocycles. The maximum atomic E-state index is 9.84. The van der Waals surface area contributed by atoms with Crippen molar-refractivity contribution in [2.75, 3.05) is 0 Å². The summed E-state index contributed by atoms with van der Waals surface area (Å²) in [6.07, 6.45) is 2.95. The van der Waals surface area contributed by atoms with Gasteiger partial charge in [0.1, 0.15) is 5.92 Å². The van der Waals surface area contributed by atoms with E-state index in [2.05, 4.69) is 38.1 Å². The predicted molar refractivity (Wildman–Crippen MR) is 94.8 cm³/mol. The van der Waals surface area contributed by atoms with E-state index in [-0.39, 0.29) is 11.5 Å². The van der Waals surface area contributed by atoms with Crippen LogP contribution in [-0.4, -0.2) is 11.3 Å². The molecule has 2 heteroatoms. The summed E-state index contributed by atoms with van der Waals surface area (Å²) in [5.74, 6) is -0.310. The minimum atomic E-state index is -0.310. The van der Waals surface area contributed by atoms with Crippen LogP contribution in [-0.2, 0) is 6.42 Å².